The molecule has 0 bridgehead atoms. The average Bonchev–Trinajstić information content (AvgIpc) is 3.23. The molecule has 2 aromatic heterocycles. The smallest absolute Gasteiger partial charge is 0.132 e. The number of ether oxygens (including phenoxy) is 1. The number of aromatic nitrogens is 2. The fourth-order valence-corrected chi connectivity index (χ4v) is 4.23. The Balaban J connectivity index is 1.45. The standard InChI is InChI=1S/C25H31N5O/c1-18-14-22(28-21-7-9-23(31-4)10-8-21)15-24(27-18)19-11-13-30(16-19)17-20-6-5-12-26-25(20)29(2)3/h5-10,12,14-15,19H,11,13,16-17H2,1-4H3,(H,27,28). The summed E-state index contributed by atoms with van der Waals surface area (Å²) in [5.74, 6) is 2.34. The van der Waals surface area contributed by atoms with Crippen molar-refractivity contribution in [1.29, 1.82) is 0 Å². The second-order valence-corrected chi connectivity index (χ2v) is 8.38. The van der Waals surface area contributed by atoms with Gasteiger partial charge in [0, 0.05) is 67.6 Å². The van der Waals surface area contributed by atoms with Crippen molar-refractivity contribution < 1.29 is 4.74 Å². The molecule has 1 aromatic carbocycles. The number of rotatable bonds is 7. The highest BCUT2D eigenvalue weighted by Crippen LogP contribution is 2.31. The van der Waals surface area contributed by atoms with Gasteiger partial charge in [-0.1, -0.05) is 6.07 Å². The van der Waals surface area contributed by atoms with Crippen molar-refractivity contribution in [2.45, 2.75) is 25.8 Å². The maximum absolute atomic E-state index is 5.25. The monoisotopic (exact) mass is 417 g/mol. The fraction of sp³-hybridized carbons (Fsp3) is 0.360. The average molecular weight is 418 g/mol. The third-order valence-electron chi connectivity index (χ3n) is 5.73. The molecule has 1 atom stereocenters. The van der Waals surface area contributed by atoms with E-state index in [-0.39, 0.29) is 0 Å². The lowest BCUT2D eigenvalue weighted by Gasteiger charge is -2.21. The normalized spacial score (nSPS) is 16.3. The van der Waals surface area contributed by atoms with Crippen LogP contribution in [0.4, 0.5) is 17.2 Å². The van der Waals surface area contributed by atoms with Gasteiger partial charge >= 0.3 is 0 Å². The van der Waals surface area contributed by atoms with E-state index in [2.05, 4.69) is 45.2 Å². The molecule has 0 amide bonds. The number of anilines is 3. The summed E-state index contributed by atoms with van der Waals surface area (Å²) in [7, 11) is 5.78. The summed E-state index contributed by atoms with van der Waals surface area (Å²) in [4.78, 5) is 14.0. The van der Waals surface area contributed by atoms with Gasteiger partial charge in [0.25, 0.3) is 0 Å². The van der Waals surface area contributed by atoms with Gasteiger partial charge < -0.3 is 15.0 Å². The van der Waals surface area contributed by atoms with E-state index >= 15 is 0 Å². The summed E-state index contributed by atoms with van der Waals surface area (Å²) in [6.45, 7) is 5.07. The predicted octanol–water partition coefficient (Wildman–Crippen LogP) is 4.59. The Morgan fingerprint density at radius 1 is 1.13 bits per heavy atom. The Morgan fingerprint density at radius 3 is 2.68 bits per heavy atom. The molecule has 0 radical (unpaired) electrons. The lowest BCUT2D eigenvalue weighted by molar-refractivity contribution is 0.326. The van der Waals surface area contributed by atoms with Gasteiger partial charge in [-0.05, 0) is 62.4 Å². The predicted molar refractivity (Wildman–Crippen MR) is 126 cm³/mol. The Hall–Kier alpha value is -3.12. The first kappa shape index (κ1) is 21.1. The molecule has 0 spiro atoms. The number of methoxy groups -OCH3 is 1. The van der Waals surface area contributed by atoms with Crippen LogP contribution >= 0.6 is 0 Å². The number of nitrogens with zero attached hydrogens (tertiary/aromatic N) is 4. The molecule has 1 unspecified atom stereocenters. The zero-order valence-corrected chi connectivity index (χ0v) is 18.8. The van der Waals surface area contributed by atoms with Crippen LogP contribution in [-0.4, -0.2) is 49.2 Å². The first-order valence-electron chi connectivity index (χ1n) is 10.7. The van der Waals surface area contributed by atoms with Crippen LogP contribution in [0, 0.1) is 6.92 Å². The first-order valence-corrected chi connectivity index (χ1v) is 10.7. The highest BCUT2D eigenvalue weighted by atomic mass is 16.5. The molecule has 1 saturated heterocycles. The van der Waals surface area contributed by atoms with Gasteiger partial charge in [0.2, 0.25) is 0 Å². The number of likely N-dealkylation sites (tertiary alicyclic amines) is 1. The van der Waals surface area contributed by atoms with E-state index in [1.807, 2.05) is 50.6 Å². The maximum Gasteiger partial charge on any atom is 0.132 e. The van der Waals surface area contributed by atoms with Gasteiger partial charge in [-0.15, -0.1) is 0 Å². The first-order chi connectivity index (χ1) is 15.0. The molecular formula is C25H31N5O. The van der Waals surface area contributed by atoms with Gasteiger partial charge in [0.1, 0.15) is 11.6 Å². The van der Waals surface area contributed by atoms with E-state index in [9.17, 15) is 0 Å². The second kappa shape index (κ2) is 9.35. The number of nitrogens with one attached hydrogen (secondary N) is 1. The van der Waals surface area contributed by atoms with Crippen molar-refractivity contribution >= 4 is 17.2 Å². The highest BCUT2D eigenvalue weighted by molar-refractivity contribution is 5.61. The zero-order chi connectivity index (χ0) is 21.8. The zero-order valence-electron chi connectivity index (χ0n) is 18.8. The fourth-order valence-electron chi connectivity index (χ4n) is 4.23. The topological polar surface area (TPSA) is 53.5 Å². The highest BCUT2D eigenvalue weighted by Gasteiger charge is 2.26. The summed E-state index contributed by atoms with van der Waals surface area (Å²) in [6, 6.07) is 16.5. The van der Waals surface area contributed by atoms with Crippen molar-refractivity contribution in [2.24, 2.45) is 0 Å². The lowest BCUT2D eigenvalue weighted by Crippen LogP contribution is -2.22. The number of hydrogen-bond donors (Lipinski definition) is 1. The summed E-state index contributed by atoms with van der Waals surface area (Å²) in [5.41, 5.74) is 5.59. The summed E-state index contributed by atoms with van der Waals surface area (Å²) in [6.07, 6.45) is 2.98. The van der Waals surface area contributed by atoms with Crippen molar-refractivity contribution in [1.82, 2.24) is 14.9 Å². The van der Waals surface area contributed by atoms with Crippen LogP contribution in [0.15, 0.2) is 54.7 Å². The molecule has 0 saturated carbocycles. The van der Waals surface area contributed by atoms with Crippen LogP contribution in [0.3, 0.4) is 0 Å². The van der Waals surface area contributed by atoms with Crippen molar-refractivity contribution in [3.8, 4) is 5.75 Å². The minimum Gasteiger partial charge on any atom is -0.497 e. The van der Waals surface area contributed by atoms with Crippen LogP contribution in [0.1, 0.15) is 29.3 Å². The quantitative estimate of drug-likeness (QED) is 0.607. The summed E-state index contributed by atoms with van der Waals surface area (Å²) >= 11 is 0. The molecule has 4 rings (SSSR count). The molecular weight excluding hydrogens is 386 g/mol. The molecule has 31 heavy (non-hydrogen) atoms. The Bertz CT molecular complexity index is 1020. The van der Waals surface area contributed by atoms with Gasteiger partial charge in [0.05, 0.1) is 7.11 Å². The van der Waals surface area contributed by atoms with Crippen LogP contribution < -0.4 is 15.0 Å². The third-order valence-corrected chi connectivity index (χ3v) is 5.73. The van der Waals surface area contributed by atoms with E-state index in [1.54, 1.807) is 7.11 Å². The Kier molecular flexibility index (Phi) is 6.37. The molecule has 162 valence electrons. The van der Waals surface area contributed by atoms with Crippen LogP contribution in [-0.2, 0) is 6.54 Å². The van der Waals surface area contributed by atoms with Crippen LogP contribution in [0.2, 0.25) is 0 Å². The van der Waals surface area contributed by atoms with E-state index in [4.69, 9.17) is 9.72 Å². The molecule has 0 aliphatic carbocycles. The molecule has 1 N–H and O–H groups in total. The largest absolute Gasteiger partial charge is 0.497 e. The molecule has 6 heteroatoms. The number of aryl methyl sites for hydroxylation is 1. The van der Waals surface area contributed by atoms with E-state index < -0.39 is 0 Å². The van der Waals surface area contributed by atoms with Crippen LogP contribution in [0.25, 0.3) is 0 Å². The Labute approximate surface area is 184 Å². The van der Waals surface area contributed by atoms with Crippen LogP contribution in [0.5, 0.6) is 5.75 Å². The van der Waals surface area contributed by atoms with Gasteiger partial charge in [-0.2, -0.15) is 0 Å². The number of benzene rings is 1. The van der Waals surface area contributed by atoms with Gasteiger partial charge in [-0.25, -0.2) is 4.98 Å². The van der Waals surface area contributed by atoms with Gasteiger partial charge in [0.15, 0.2) is 0 Å². The Morgan fingerprint density at radius 2 is 1.94 bits per heavy atom. The third kappa shape index (κ3) is 5.14. The van der Waals surface area contributed by atoms with E-state index in [0.717, 1.165) is 60.4 Å². The minimum atomic E-state index is 0.441. The molecule has 1 aliphatic rings. The van der Waals surface area contributed by atoms with Gasteiger partial charge in [-0.3, -0.25) is 9.88 Å². The van der Waals surface area contributed by atoms with Crippen molar-refractivity contribution in [3.05, 3.63) is 71.7 Å². The van der Waals surface area contributed by atoms with E-state index in [0.29, 0.717) is 5.92 Å². The van der Waals surface area contributed by atoms with Crippen molar-refractivity contribution in [3.63, 3.8) is 0 Å². The second-order valence-electron chi connectivity index (χ2n) is 8.38. The summed E-state index contributed by atoms with van der Waals surface area (Å²) < 4.78 is 5.25. The molecule has 3 aromatic rings. The summed E-state index contributed by atoms with van der Waals surface area (Å²) in [5, 5.41) is 3.51. The SMILES string of the molecule is COc1ccc(Nc2cc(C)nc(C3CCN(Cc4cccnc4N(C)C)C3)c2)cc1. The molecule has 1 fully saturated rings. The molecule has 3 heterocycles. The molecule has 6 nitrogen and oxygen atoms in total. The lowest BCUT2D eigenvalue weighted by atomic mass is 10.0. The minimum absolute atomic E-state index is 0.441. The number of pyridine rings is 2. The molecule has 1 aliphatic heterocycles. The van der Waals surface area contributed by atoms with E-state index in [1.165, 1.54) is 5.56 Å². The van der Waals surface area contributed by atoms with Crippen molar-refractivity contribution in [2.75, 3.05) is 44.5 Å². The number of hydrogen-bond acceptors (Lipinski definition) is 6. The maximum atomic E-state index is 5.25.